The van der Waals surface area contributed by atoms with Crippen LogP contribution in [0.25, 0.3) is 0 Å². The first kappa shape index (κ1) is 24.8. The molecule has 2 aromatic carbocycles. The minimum Gasteiger partial charge on any atom is -0.508 e. The van der Waals surface area contributed by atoms with Gasteiger partial charge in [0.2, 0.25) is 5.91 Å². The van der Waals surface area contributed by atoms with Gasteiger partial charge in [-0.3, -0.25) is 20.4 Å². The first-order valence-corrected chi connectivity index (χ1v) is 10.8. The Bertz CT molecular complexity index is 877. The van der Waals surface area contributed by atoms with Gasteiger partial charge in [0.25, 0.3) is 5.91 Å². The van der Waals surface area contributed by atoms with Gasteiger partial charge in [0, 0.05) is 12.1 Å². The number of aromatic hydroxyl groups is 2. The Labute approximate surface area is 188 Å². The Hall–Kier alpha value is -3.42. The number of hydrazine groups is 1. The van der Waals surface area contributed by atoms with Gasteiger partial charge in [-0.15, -0.1) is 0 Å². The maximum atomic E-state index is 12.4. The van der Waals surface area contributed by atoms with Crippen LogP contribution >= 0.6 is 0 Å². The van der Waals surface area contributed by atoms with Crippen molar-refractivity contribution >= 4 is 11.8 Å². The van der Waals surface area contributed by atoms with Crippen LogP contribution in [0.15, 0.2) is 30.3 Å². The van der Waals surface area contributed by atoms with Crippen LogP contribution in [0, 0.1) is 6.92 Å². The molecule has 0 saturated heterocycles. The van der Waals surface area contributed by atoms with E-state index < -0.39 is 11.8 Å². The average Bonchev–Trinajstić information content (AvgIpc) is 2.72. The van der Waals surface area contributed by atoms with Gasteiger partial charge in [-0.2, -0.15) is 0 Å². The molecule has 0 aromatic heterocycles. The van der Waals surface area contributed by atoms with E-state index in [1.807, 2.05) is 6.07 Å². The maximum absolute atomic E-state index is 12.4. The van der Waals surface area contributed by atoms with E-state index in [2.05, 4.69) is 24.7 Å². The second kappa shape index (κ2) is 12.4. The molecule has 4 N–H and O–H groups in total. The van der Waals surface area contributed by atoms with Crippen LogP contribution in [-0.2, 0) is 11.2 Å². The van der Waals surface area contributed by atoms with Crippen molar-refractivity contribution < 1.29 is 29.3 Å². The van der Waals surface area contributed by atoms with Crippen molar-refractivity contribution in [3.63, 3.8) is 0 Å². The van der Waals surface area contributed by atoms with E-state index >= 15 is 0 Å². The molecule has 0 saturated carbocycles. The number of nitrogens with one attached hydrogen (secondary N) is 2. The van der Waals surface area contributed by atoms with Crippen LogP contribution in [0.3, 0.4) is 0 Å². The highest BCUT2D eigenvalue weighted by Crippen LogP contribution is 2.26. The molecular weight excluding hydrogens is 412 g/mol. The number of unbranched alkanes of at least 4 members (excludes halogenated alkanes) is 2. The molecule has 0 aliphatic rings. The molecule has 8 nitrogen and oxygen atoms in total. The number of hydrogen-bond donors (Lipinski definition) is 4. The number of phenols is 2. The number of phenolic OH excluding ortho intramolecular Hbond substituents is 2. The van der Waals surface area contributed by atoms with Crippen molar-refractivity contribution in [1.29, 1.82) is 0 Å². The molecule has 2 amide bonds. The topological polar surface area (TPSA) is 117 Å². The summed E-state index contributed by atoms with van der Waals surface area (Å²) in [5.74, 6) is -0.403. The van der Waals surface area contributed by atoms with Crippen molar-refractivity contribution in [1.82, 2.24) is 10.9 Å². The Morgan fingerprint density at radius 2 is 1.47 bits per heavy atom. The highest BCUT2D eigenvalue weighted by molar-refractivity contribution is 5.99. The summed E-state index contributed by atoms with van der Waals surface area (Å²) in [5, 5.41) is 19.4. The lowest BCUT2D eigenvalue weighted by molar-refractivity contribution is -0.121. The third-order valence-corrected chi connectivity index (χ3v) is 4.68. The summed E-state index contributed by atoms with van der Waals surface area (Å²) >= 11 is 0. The Morgan fingerprint density at radius 3 is 2.00 bits per heavy atom. The number of rotatable bonds is 11. The van der Waals surface area contributed by atoms with E-state index in [1.54, 1.807) is 19.1 Å². The van der Waals surface area contributed by atoms with Crippen LogP contribution < -0.4 is 20.3 Å². The first-order valence-electron chi connectivity index (χ1n) is 10.8. The molecule has 0 aliphatic heterocycles. The van der Waals surface area contributed by atoms with E-state index in [-0.39, 0.29) is 23.5 Å². The second-order valence-corrected chi connectivity index (χ2v) is 7.55. The number of amides is 2. The van der Waals surface area contributed by atoms with Gasteiger partial charge < -0.3 is 19.7 Å². The van der Waals surface area contributed by atoms with Crippen LogP contribution in [0.5, 0.6) is 23.0 Å². The van der Waals surface area contributed by atoms with E-state index in [1.165, 1.54) is 6.07 Å². The van der Waals surface area contributed by atoms with Crippen molar-refractivity contribution in [2.24, 2.45) is 0 Å². The lowest BCUT2D eigenvalue weighted by Crippen LogP contribution is -2.42. The lowest BCUT2D eigenvalue weighted by Gasteiger charge is -2.13. The van der Waals surface area contributed by atoms with Crippen molar-refractivity contribution in [2.45, 2.75) is 52.9 Å². The largest absolute Gasteiger partial charge is 0.508 e. The molecule has 2 rings (SSSR count). The van der Waals surface area contributed by atoms with Gasteiger partial charge in [0.15, 0.2) is 0 Å². The molecule has 0 bridgehead atoms. The van der Waals surface area contributed by atoms with Crippen molar-refractivity contribution in [3.8, 4) is 23.0 Å². The fourth-order valence-electron chi connectivity index (χ4n) is 3.03. The van der Waals surface area contributed by atoms with Crippen molar-refractivity contribution in [2.75, 3.05) is 13.2 Å². The van der Waals surface area contributed by atoms with Gasteiger partial charge in [-0.25, -0.2) is 0 Å². The Kier molecular flexibility index (Phi) is 9.66. The van der Waals surface area contributed by atoms with Gasteiger partial charge in [-0.1, -0.05) is 26.7 Å². The molecule has 0 radical (unpaired) electrons. The summed E-state index contributed by atoms with van der Waals surface area (Å²) in [6.07, 6.45) is 3.87. The molecule has 174 valence electrons. The van der Waals surface area contributed by atoms with Crippen LogP contribution in [0.2, 0.25) is 0 Å². The Balaban J connectivity index is 2.03. The normalized spacial score (nSPS) is 10.5. The fraction of sp³-hybridized carbons (Fsp3) is 0.417. The van der Waals surface area contributed by atoms with Gasteiger partial charge >= 0.3 is 0 Å². The third-order valence-electron chi connectivity index (χ3n) is 4.68. The molecule has 0 atom stereocenters. The second-order valence-electron chi connectivity index (χ2n) is 7.55. The molecule has 8 heteroatoms. The predicted octanol–water partition coefficient (Wildman–Crippen LogP) is 3.77. The highest BCUT2D eigenvalue weighted by Gasteiger charge is 2.16. The summed E-state index contributed by atoms with van der Waals surface area (Å²) in [6, 6.07) is 7.78. The number of carbonyl (C=O) groups excluding carboxylic acids is 2. The van der Waals surface area contributed by atoms with Gasteiger partial charge in [0.05, 0.1) is 25.2 Å². The highest BCUT2D eigenvalue weighted by atomic mass is 16.5. The summed E-state index contributed by atoms with van der Waals surface area (Å²) in [7, 11) is 0. The van der Waals surface area contributed by atoms with E-state index in [0.717, 1.165) is 31.7 Å². The molecule has 0 unspecified atom stereocenters. The minimum atomic E-state index is -0.686. The van der Waals surface area contributed by atoms with Crippen molar-refractivity contribution in [3.05, 3.63) is 47.0 Å². The maximum Gasteiger partial charge on any atom is 0.273 e. The zero-order valence-electron chi connectivity index (χ0n) is 18.9. The van der Waals surface area contributed by atoms with Gasteiger partial charge in [0.1, 0.15) is 23.0 Å². The quantitative estimate of drug-likeness (QED) is 0.310. The Morgan fingerprint density at radius 1 is 0.875 bits per heavy atom. The lowest BCUT2D eigenvalue weighted by atomic mass is 10.1. The van der Waals surface area contributed by atoms with E-state index in [9.17, 15) is 19.8 Å². The van der Waals surface area contributed by atoms with E-state index in [0.29, 0.717) is 35.8 Å². The molecule has 0 fully saturated rings. The monoisotopic (exact) mass is 444 g/mol. The molecule has 0 heterocycles. The van der Waals surface area contributed by atoms with Crippen LogP contribution in [-0.4, -0.2) is 35.2 Å². The summed E-state index contributed by atoms with van der Waals surface area (Å²) < 4.78 is 11.6. The fourth-order valence-corrected chi connectivity index (χ4v) is 3.03. The number of benzene rings is 2. The number of aryl methyl sites for hydroxylation is 1. The molecule has 0 aliphatic carbocycles. The zero-order chi connectivity index (χ0) is 23.5. The summed E-state index contributed by atoms with van der Waals surface area (Å²) in [5.41, 5.74) is 5.67. The number of ether oxygens (including phenoxy) is 2. The van der Waals surface area contributed by atoms with Crippen LogP contribution in [0.4, 0.5) is 0 Å². The van der Waals surface area contributed by atoms with E-state index in [4.69, 9.17) is 9.47 Å². The smallest absolute Gasteiger partial charge is 0.273 e. The SMILES string of the molecule is CCCCOc1cc(CC(=O)NNC(=O)c2c(C)cc(O)cc2O)cc(OCCCC)c1. The molecular formula is C24H32N2O6. The third kappa shape index (κ3) is 7.68. The zero-order valence-corrected chi connectivity index (χ0v) is 18.9. The first-order chi connectivity index (χ1) is 15.3. The summed E-state index contributed by atoms with van der Waals surface area (Å²) in [4.78, 5) is 24.8. The molecule has 0 spiro atoms. The van der Waals surface area contributed by atoms with Gasteiger partial charge in [-0.05, 0) is 49.1 Å². The predicted molar refractivity (Wildman–Crippen MR) is 121 cm³/mol. The molecule has 2 aromatic rings. The summed E-state index contributed by atoms with van der Waals surface area (Å²) in [6.45, 7) is 6.88. The number of hydrogen-bond acceptors (Lipinski definition) is 6. The number of carbonyl (C=O) groups is 2. The standard InChI is InChI=1S/C24H32N2O6/c1-4-6-8-31-19-11-17(12-20(15-19)32-9-7-5-2)13-22(29)25-26-24(30)23-16(3)10-18(27)14-21(23)28/h10-12,14-15,27-28H,4-9,13H2,1-3H3,(H,25,29)(H,26,30). The minimum absolute atomic E-state index is 0.00403. The van der Waals surface area contributed by atoms with Crippen LogP contribution in [0.1, 0.15) is 61.0 Å². The average molecular weight is 445 g/mol. The molecule has 32 heavy (non-hydrogen) atoms.